The molecule has 2 aromatic heterocycles. The molecule has 0 saturated carbocycles. The SMILES string of the molecule is CCCn1c(=O)n(C)c(=O)c2c1nc(N1CCCC(N)C1)n2CC=C(C)C. The lowest BCUT2D eigenvalue weighted by Gasteiger charge is -2.31. The third-order valence-corrected chi connectivity index (χ3v) is 5.08. The first kappa shape index (κ1) is 19.4. The maximum atomic E-state index is 13.0. The first-order valence-electron chi connectivity index (χ1n) is 9.69. The molecule has 1 atom stereocenters. The van der Waals surface area contributed by atoms with Crippen molar-refractivity contribution in [3.8, 4) is 0 Å². The number of aryl methyl sites for hydroxylation is 1. The van der Waals surface area contributed by atoms with Crippen molar-refractivity contribution in [3.63, 3.8) is 0 Å². The maximum Gasteiger partial charge on any atom is 0.332 e. The molecule has 27 heavy (non-hydrogen) atoms. The van der Waals surface area contributed by atoms with Crippen LogP contribution >= 0.6 is 0 Å². The summed E-state index contributed by atoms with van der Waals surface area (Å²) in [5.74, 6) is 0.727. The Balaban J connectivity index is 2.30. The van der Waals surface area contributed by atoms with Gasteiger partial charge in [-0.2, -0.15) is 4.98 Å². The van der Waals surface area contributed by atoms with Gasteiger partial charge in [-0.3, -0.25) is 13.9 Å². The van der Waals surface area contributed by atoms with Crippen molar-refractivity contribution in [1.82, 2.24) is 18.7 Å². The van der Waals surface area contributed by atoms with E-state index in [-0.39, 0.29) is 17.3 Å². The van der Waals surface area contributed by atoms with Gasteiger partial charge in [0.1, 0.15) is 0 Å². The number of piperidine rings is 1. The summed E-state index contributed by atoms with van der Waals surface area (Å²) >= 11 is 0. The number of anilines is 1. The van der Waals surface area contributed by atoms with E-state index in [1.54, 1.807) is 4.57 Å². The second kappa shape index (κ2) is 7.72. The number of nitrogens with two attached hydrogens (primary N) is 1. The number of rotatable bonds is 5. The van der Waals surface area contributed by atoms with Gasteiger partial charge in [-0.25, -0.2) is 4.79 Å². The fraction of sp³-hybridized carbons (Fsp3) is 0.632. The van der Waals surface area contributed by atoms with E-state index >= 15 is 0 Å². The van der Waals surface area contributed by atoms with Gasteiger partial charge < -0.3 is 15.2 Å². The standard InChI is InChI=1S/C19H30N6O2/c1-5-9-25-16-15(17(26)22(4)19(25)27)24(11-8-13(2)3)18(21-16)23-10-6-7-14(20)12-23/h8,14H,5-7,9-12,20H2,1-4H3. The van der Waals surface area contributed by atoms with Crippen LogP contribution in [0.4, 0.5) is 5.95 Å². The van der Waals surface area contributed by atoms with Crippen LogP contribution in [0.5, 0.6) is 0 Å². The quantitative estimate of drug-likeness (QED) is 0.794. The van der Waals surface area contributed by atoms with Crippen LogP contribution in [-0.2, 0) is 20.1 Å². The van der Waals surface area contributed by atoms with E-state index in [2.05, 4.69) is 11.0 Å². The Labute approximate surface area is 158 Å². The van der Waals surface area contributed by atoms with Crippen LogP contribution < -0.4 is 21.9 Å². The fourth-order valence-corrected chi connectivity index (χ4v) is 3.65. The Morgan fingerprint density at radius 3 is 2.67 bits per heavy atom. The zero-order valence-corrected chi connectivity index (χ0v) is 16.7. The van der Waals surface area contributed by atoms with Crippen LogP contribution in [0.3, 0.4) is 0 Å². The second-order valence-corrected chi connectivity index (χ2v) is 7.62. The van der Waals surface area contributed by atoms with Gasteiger partial charge in [-0.1, -0.05) is 18.6 Å². The molecule has 0 amide bonds. The number of imidazole rings is 1. The van der Waals surface area contributed by atoms with E-state index in [4.69, 9.17) is 10.7 Å². The molecule has 0 aliphatic carbocycles. The molecule has 2 N–H and O–H groups in total. The Morgan fingerprint density at radius 1 is 1.30 bits per heavy atom. The predicted octanol–water partition coefficient (Wildman–Crippen LogP) is 1.20. The lowest BCUT2D eigenvalue weighted by molar-refractivity contribution is 0.495. The minimum atomic E-state index is -0.317. The molecule has 8 nitrogen and oxygen atoms in total. The molecule has 1 saturated heterocycles. The fourth-order valence-electron chi connectivity index (χ4n) is 3.65. The number of hydrogen-bond donors (Lipinski definition) is 1. The highest BCUT2D eigenvalue weighted by Gasteiger charge is 2.25. The van der Waals surface area contributed by atoms with Crippen molar-refractivity contribution in [2.75, 3.05) is 18.0 Å². The summed E-state index contributed by atoms with van der Waals surface area (Å²) < 4.78 is 4.74. The highest BCUT2D eigenvalue weighted by atomic mass is 16.2. The van der Waals surface area contributed by atoms with Crippen molar-refractivity contribution in [2.45, 2.75) is 59.2 Å². The summed E-state index contributed by atoms with van der Waals surface area (Å²) in [4.78, 5) is 32.5. The van der Waals surface area contributed by atoms with Gasteiger partial charge >= 0.3 is 5.69 Å². The van der Waals surface area contributed by atoms with Crippen molar-refractivity contribution in [3.05, 3.63) is 32.5 Å². The first-order valence-corrected chi connectivity index (χ1v) is 9.69. The Morgan fingerprint density at radius 2 is 2.04 bits per heavy atom. The minimum Gasteiger partial charge on any atom is -0.341 e. The van der Waals surface area contributed by atoms with Crippen LogP contribution in [0.2, 0.25) is 0 Å². The molecule has 0 bridgehead atoms. The van der Waals surface area contributed by atoms with Crippen molar-refractivity contribution in [1.29, 1.82) is 0 Å². The van der Waals surface area contributed by atoms with E-state index < -0.39 is 0 Å². The summed E-state index contributed by atoms with van der Waals surface area (Å²) in [7, 11) is 1.53. The molecule has 148 valence electrons. The average molecular weight is 374 g/mol. The molecule has 0 spiro atoms. The van der Waals surface area contributed by atoms with Crippen LogP contribution in [-0.4, -0.2) is 37.8 Å². The summed E-state index contributed by atoms with van der Waals surface area (Å²) in [6.07, 6.45) is 4.85. The smallest absolute Gasteiger partial charge is 0.332 e. The maximum absolute atomic E-state index is 13.0. The highest BCUT2D eigenvalue weighted by molar-refractivity contribution is 5.75. The van der Waals surface area contributed by atoms with Gasteiger partial charge in [0.25, 0.3) is 5.56 Å². The molecule has 2 aromatic rings. The molecule has 1 aliphatic heterocycles. The third-order valence-electron chi connectivity index (χ3n) is 5.08. The Kier molecular flexibility index (Phi) is 5.55. The molecular formula is C19H30N6O2. The predicted molar refractivity (Wildman–Crippen MR) is 108 cm³/mol. The average Bonchev–Trinajstić information content (AvgIpc) is 3.01. The van der Waals surface area contributed by atoms with Crippen LogP contribution in [0.15, 0.2) is 21.2 Å². The molecule has 1 aliphatic rings. The largest absolute Gasteiger partial charge is 0.341 e. The lowest BCUT2D eigenvalue weighted by Crippen LogP contribution is -2.44. The summed E-state index contributed by atoms with van der Waals surface area (Å²) in [6, 6.07) is 0.0936. The first-order chi connectivity index (χ1) is 12.8. The summed E-state index contributed by atoms with van der Waals surface area (Å²) in [5, 5.41) is 0. The minimum absolute atomic E-state index is 0.0936. The zero-order chi connectivity index (χ0) is 19.7. The van der Waals surface area contributed by atoms with Gasteiger partial charge in [0.15, 0.2) is 11.2 Å². The van der Waals surface area contributed by atoms with E-state index in [0.29, 0.717) is 30.8 Å². The topological polar surface area (TPSA) is 91.1 Å². The Bertz CT molecular complexity index is 977. The summed E-state index contributed by atoms with van der Waals surface area (Å²) in [5.41, 5.74) is 7.68. The summed E-state index contributed by atoms with van der Waals surface area (Å²) in [6.45, 7) is 8.69. The number of fused-ring (bicyclic) bond motifs is 1. The van der Waals surface area contributed by atoms with Gasteiger partial charge in [-0.15, -0.1) is 0 Å². The Hall–Kier alpha value is -2.35. The van der Waals surface area contributed by atoms with Crippen LogP contribution in [0, 0.1) is 0 Å². The van der Waals surface area contributed by atoms with Crippen LogP contribution in [0.1, 0.15) is 40.0 Å². The van der Waals surface area contributed by atoms with Gasteiger partial charge in [0.05, 0.1) is 0 Å². The number of nitrogens with zero attached hydrogens (tertiary/aromatic N) is 5. The molecule has 1 fully saturated rings. The third kappa shape index (κ3) is 3.58. The van der Waals surface area contributed by atoms with Gasteiger partial charge in [0, 0.05) is 39.3 Å². The lowest BCUT2D eigenvalue weighted by atomic mass is 10.1. The number of aromatic nitrogens is 4. The second-order valence-electron chi connectivity index (χ2n) is 7.62. The van der Waals surface area contributed by atoms with Gasteiger partial charge in [0.2, 0.25) is 5.95 Å². The van der Waals surface area contributed by atoms with Gasteiger partial charge in [-0.05, 0) is 33.1 Å². The highest BCUT2D eigenvalue weighted by Crippen LogP contribution is 2.23. The normalized spacial score (nSPS) is 17.5. The van der Waals surface area contributed by atoms with E-state index in [1.165, 1.54) is 11.6 Å². The monoisotopic (exact) mass is 374 g/mol. The molecule has 3 heterocycles. The number of allylic oxidation sites excluding steroid dienone is 2. The van der Waals surface area contributed by atoms with E-state index in [0.717, 1.165) is 37.3 Å². The molecule has 8 heteroatoms. The molecule has 0 radical (unpaired) electrons. The van der Waals surface area contributed by atoms with Crippen LogP contribution in [0.25, 0.3) is 11.2 Å². The van der Waals surface area contributed by atoms with Crippen molar-refractivity contribution in [2.24, 2.45) is 12.8 Å². The molecule has 3 rings (SSSR count). The molecular weight excluding hydrogens is 344 g/mol. The zero-order valence-electron chi connectivity index (χ0n) is 16.7. The van der Waals surface area contributed by atoms with E-state index in [9.17, 15) is 9.59 Å². The number of hydrogen-bond acceptors (Lipinski definition) is 5. The molecule has 1 unspecified atom stereocenters. The molecule has 0 aromatic carbocycles. The van der Waals surface area contributed by atoms with Crippen molar-refractivity contribution < 1.29 is 0 Å². The van der Waals surface area contributed by atoms with E-state index in [1.807, 2.05) is 25.3 Å². The van der Waals surface area contributed by atoms with Crippen molar-refractivity contribution >= 4 is 17.1 Å².